The number of hydrogen-bond acceptors (Lipinski definition) is 5. The molecule has 0 aromatic heterocycles. The van der Waals surface area contributed by atoms with E-state index >= 15 is 0 Å². The van der Waals surface area contributed by atoms with Crippen LogP contribution >= 0.6 is 15.9 Å². The van der Waals surface area contributed by atoms with Crippen molar-refractivity contribution >= 4 is 31.7 Å². The fourth-order valence-corrected chi connectivity index (χ4v) is 3.66. The molecule has 1 aromatic rings. The molecule has 0 aliphatic rings. The van der Waals surface area contributed by atoms with E-state index in [0.717, 1.165) is 0 Å². The molecule has 0 atom stereocenters. The lowest BCUT2D eigenvalue weighted by molar-refractivity contribution is 0.0692. The van der Waals surface area contributed by atoms with Gasteiger partial charge in [0.15, 0.2) is 9.84 Å². The number of carboxylic acids is 1. The standard InChI is InChI=1S/C13H17BrO6S/c1-19-6-7-20-5-2-8-21(17,18)12-9-10(14)3-4-11(12)13(15)16/h3-4,9H,2,5-8H2,1H3,(H,15,16). The first kappa shape index (κ1) is 18.1. The van der Waals surface area contributed by atoms with Gasteiger partial charge in [0.25, 0.3) is 0 Å². The van der Waals surface area contributed by atoms with E-state index in [9.17, 15) is 13.2 Å². The van der Waals surface area contributed by atoms with Crippen LogP contribution < -0.4 is 0 Å². The third-order valence-electron chi connectivity index (χ3n) is 2.64. The second kappa shape index (κ2) is 8.47. The highest BCUT2D eigenvalue weighted by atomic mass is 79.9. The third-order valence-corrected chi connectivity index (χ3v) is 4.97. The molecule has 0 amide bonds. The monoisotopic (exact) mass is 380 g/mol. The van der Waals surface area contributed by atoms with Crippen LogP contribution in [0.3, 0.4) is 0 Å². The van der Waals surface area contributed by atoms with Crippen LogP contribution in [0.1, 0.15) is 16.8 Å². The summed E-state index contributed by atoms with van der Waals surface area (Å²) in [5.41, 5.74) is -0.224. The van der Waals surface area contributed by atoms with Gasteiger partial charge in [-0.05, 0) is 24.6 Å². The Hall–Kier alpha value is -0.960. The van der Waals surface area contributed by atoms with Gasteiger partial charge in [0.2, 0.25) is 0 Å². The number of rotatable bonds is 9. The Morgan fingerprint density at radius 2 is 2.00 bits per heavy atom. The van der Waals surface area contributed by atoms with Crippen LogP contribution in [0.25, 0.3) is 0 Å². The Morgan fingerprint density at radius 3 is 2.62 bits per heavy atom. The largest absolute Gasteiger partial charge is 0.478 e. The summed E-state index contributed by atoms with van der Waals surface area (Å²) in [6.07, 6.45) is 0.289. The Morgan fingerprint density at radius 1 is 1.29 bits per heavy atom. The highest BCUT2D eigenvalue weighted by Gasteiger charge is 2.22. The van der Waals surface area contributed by atoms with Crippen molar-refractivity contribution in [1.82, 2.24) is 0 Å². The van der Waals surface area contributed by atoms with Gasteiger partial charge >= 0.3 is 5.97 Å². The van der Waals surface area contributed by atoms with E-state index in [1.807, 2.05) is 0 Å². The minimum atomic E-state index is -3.67. The molecular formula is C13H17BrO6S. The molecule has 0 spiro atoms. The molecule has 0 heterocycles. The van der Waals surface area contributed by atoms with Crippen molar-refractivity contribution in [3.8, 4) is 0 Å². The summed E-state index contributed by atoms with van der Waals surface area (Å²) in [7, 11) is -2.12. The van der Waals surface area contributed by atoms with Crippen LogP contribution in [0.5, 0.6) is 0 Å². The van der Waals surface area contributed by atoms with Crippen LogP contribution in [0.4, 0.5) is 0 Å². The van der Waals surface area contributed by atoms with E-state index < -0.39 is 15.8 Å². The molecule has 0 bridgehead atoms. The molecule has 0 saturated heterocycles. The number of carboxylic acid groups (broad SMARTS) is 1. The third kappa shape index (κ3) is 5.74. The van der Waals surface area contributed by atoms with Gasteiger partial charge in [0.05, 0.1) is 29.4 Å². The summed E-state index contributed by atoms with van der Waals surface area (Å²) in [6.45, 7) is 1.12. The van der Waals surface area contributed by atoms with Gasteiger partial charge in [0.1, 0.15) is 0 Å². The summed E-state index contributed by atoms with van der Waals surface area (Å²) in [4.78, 5) is 10.9. The first-order valence-electron chi connectivity index (χ1n) is 6.21. The summed E-state index contributed by atoms with van der Waals surface area (Å²) in [5, 5.41) is 9.07. The number of ether oxygens (including phenoxy) is 2. The quantitative estimate of drug-likeness (QED) is 0.658. The van der Waals surface area contributed by atoms with Crippen molar-refractivity contribution in [2.45, 2.75) is 11.3 Å². The Bertz CT molecular complexity index is 584. The van der Waals surface area contributed by atoms with E-state index in [1.54, 1.807) is 7.11 Å². The van der Waals surface area contributed by atoms with Crippen LogP contribution in [-0.2, 0) is 19.3 Å². The molecule has 6 nitrogen and oxygen atoms in total. The molecule has 1 rings (SSSR count). The Kier molecular flexibility index (Phi) is 7.30. The van der Waals surface area contributed by atoms with Gasteiger partial charge < -0.3 is 14.6 Å². The SMILES string of the molecule is COCCOCCCS(=O)(=O)c1cc(Br)ccc1C(=O)O. The second-order valence-corrected chi connectivity index (χ2v) is 7.22. The molecule has 0 aliphatic heterocycles. The number of halogens is 1. The molecule has 1 aromatic carbocycles. The molecular weight excluding hydrogens is 364 g/mol. The molecule has 8 heteroatoms. The first-order chi connectivity index (χ1) is 9.88. The predicted octanol–water partition coefficient (Wildman–Crippen LogP) is 1.97. The van der Waals surface area contributed by atoms with Gasteiger partial charge in [-0.1, -0.05) is 15.9 Å². The fourth-order valence-electron chi connectivity index (χ4n) is 1.64. The maximum atomic E-state index is 12.2. The van der Waals surface area contributed by atoms with Crippen molar-refractivity contribution in [2.24, 2.45) is 0 Å². The van der Waals surface area contributed by atoms with Crippen LogP contribution in [0, 0.1) is 0 Å². The van der Waals surface area contributed by atoms with E-state index in [-0.39, 0.29) is 29.2 Å². The molecule has 0 aliphatic carbocycles. The summed E-state index contributed by atoms with van der Waals surface area (Å²) in [5.74, 6) is -1.44. The zero-order chi connectivity index (χ0) is 15.9. The number of hydrogen-bond donors (Lipinski definition) is 1. The highest BCUT2D eigenvalue weighted by molar-refractivity contribution is 9.10. The van der Waals surface area contributed by atoms with Crippen molar-refractivity contribution in [3.05, 3.63) is 28.2 Å². The van der Waals surface area contributed by atoms with E-state index in [1.165, 1.54) is 18.2 Å². The number of aromatic carboxylic acids is 1. The molecule has 1 N–H and O–H groups in total. The lowest BCUT2D eigenvalue weighted by Gasteiger charge is -2.09. The minimum Gasteiger partial charge on any atom is -0.478 e. The van der Waals surface area contributed by atoms with Crippen molar-refractivity contribution < 1.29 is 27.8 Å². The van der Waals surface area contributed by atoms with Gasteiger partial charge in [-0.3, -0.25) is 0 Å². The van der Waals surface area contributed by atoms with Gasteiger partial charge in [-0.25, -0.2) is 13.2 Å². The number of benzene rings is 1. The molecule has 21 heavy (non-hydrogen) atoms. The summed E-state index contributed by atoms with van der Waals surface area (Å²) < 4.78 is 35.0. The average Bonchev–Trinajstić information content (AvgIpc) is 2.42. The number of carbonyl (C=O) groups is 1. The van der Waals surface area contributed by atoms with Crippen LogP contribution in [-0.4, -0.2) is 52.2 Å². The highest BCUT2D eigenvalue weighted by Crippen LogP contribution is 2.23. The zero-order valence-electron chi connectivity index (χ0n) is 11.5. The van der Waals surface area contributed by atoms with E-state index in [4.69, 9.17) is 14.6 Å². The molecule has 118 valence electrons. The first-order valence-corrected chi connectivity index (χ1v) is 8.65. The molecule has 0 fully saturated rings. The van der Waals surface area contributed by atoms with Gasteiger partial charge in [-0.2, -0.15) is 0 Å². The van der Waals surface area contributed by atoms with Crippen LogP contribution in [0.2, 0.25) is 0 Å². The zero-order valence-corrected chi connectivity index (χ0v) is 13.9. The molecule has 0 radical (unpaired) electrons. The number of sulfone groups is 1. The normalized spacial score (nSPS) is 11.5. The van der Waals surface area contributed by atoms with Crippen molar-refractivity contribution in [3.63, 3.8) is 0 Å². The fraction of sp³-hybridized carbons (Fsp3) is 0.462. The van der Waals surface area contributed by atoms with E-state index in [2.05, 4.69) is 15.9 Å². The molecule has 0 saturated carbocycles. The summed E-state index contributed by atoms with van der Waals surface area (Å²) >= 11 is 3.15. The Labute approximate surface area is 132 Å². The van der Waals surface area contributed by atoms with Gasteiger partial charge in [-0.15, -0.1) is 0 Å². The van der Waals surface area contributed by atoms with E-state index in [0.29, 0.717) is 17.7 Å². The Balaban J connectivity index is 2.74. The molecule has 0 unspecified atom stereocenters. The minimum absolute atomic E-state index is 0.170. The summed E-state index contributed by atoms with van der Waals surface area (Å²) in [6, 6.07) is 4.08. The maximum absolute atomic E-state index is 12.2. The predicted molar refractivity (Wildman–Crippen MR) is 80.5 cm³/mol. The van der Waals surface area contributed by atoms with Gasteiger partial charge in [0, 0.05) is 18.2 Å². The lowest BCUT2D eigenvalue weighted by atomic mass is 10.2. The lowest BCUT2D eigenvalue weighted by Crippen LogP contribution is -2.14. The second-order valence-electron chi connectivity index (χ2n) is 4.22. The van der Waals surface area contributed by atoms with Crippen molar-refractivity contribution in [1.29, 1.82) is 0 Å². The maximum Gasteiger partial charge on any atom is 0.337 e. The van der Waals surface area contributed by atoms with Crippen LogP contribution in [0.15, 0.2) is 27.6 Å². The number of methoxy groups -OCH3 is 1. The topological polar surface area (TPSA) is 89.9 Å². The average molecular weight is 381 g/mol. The van der Waals surface area contributed by atoms with Crippen molar-refractivity contribution in [2.75, 3.05) is 32.7 Å². The smallest absolute Gasteiger partial charge is 0.337 e.